The molecular weight excluding hydrogens is 366 g/mol. The Hall–Kier alpha value is -3.20. The molecule has 0 bridgehead atoms. The van der Waals surface area contributed by atoms with Gasteiger partial charge in [0, 0.05) is 36.5 Å². The number of halogens is 1. The van der Waals surface area contributed by atoms with Crippen LogP contribution in [0.1, 0.15) is 5.56 Å². The minimum atomic E-state index is -0.582. The zero-order valence-corrected chi connectivity index (χ0v) is 14.0. The van der Waals surface area contributed by atoms with Crippen LogP contribution < -0.4 is 9.64 Å². The summed E-state index contributed by atoms with van der Waals surface area (Å²) < 4.78 is 5.37. The molecule has 2 aromatic rings. The van der Waals surface area contributed by atoms with Crippen LogP contribution in [0.5, 0.6) is 5.75 Å². The Labute approximate surface area is 152 Å². The Bertz CT molecular complexity index is 917. The SMILES string of the molecule is O=C(COc1ccc([N+](=O)[O-])cc1Cl)N1CCc2cc([N+](=O)[O-])ccc21. The maximum Gasteiger partial charge on any atom is 0.271 e. The molecule has 1 aliphatic rings. The molecule has 1 aliphatic heterocycles. The summed E-state index contributed by atoms with van der Waals surface area (Å²) in [6, 6.07) is 8.04. The average Bonchev–Trinajstić information content (AvgIpc) is 3.03. The molecule has 1 heterocycles. The second-order valence-corrected chi connectivity index (χ2v) is 5.93. The van der Waals surface area contributed by atoms with Crippen LogP contribution in [0.2, 0.25) is 5.02 Å². The molecule has 0 spiro atoms. The molecule has 0 unspecified atom stereocenters. The fourth-order valence-corrected chi connectivity index (χ4v) is 2.93. The second kappa shape index (κ2) is 6.96. The lowest BCUT2D eigenvalue weighted by atomic mass is 10.1. The van der Waals surface area contributed by atoms with Crippen molar-refractivity contribution in [3.05, 3.63) is 67.2 Å². The highest BCUT2D eigenvalue weighted by Gasteiger charge is 2.26. The van der Waals surface area contributed by atoms with Gasteiger partial charge in [-0.1, -0.05) is 11.6 Å². The highest BCUT2D eigenvalue weighted by atomic mass is 35.5. The first-order chi connectivity index (χ1) is 12.4. The first-order valence-electron chi connectivity index (χ1n) is 7.51. The zero-order valence-electron chi connectivity index (χ0n) is 13.3. The molecule has 3 rings (SSSR count). The molecule has 2 aromatic carbocycles. The molecule has 134 valence electrons. The largest absolute Gasteiger partial charge is 0.482 e. The van der Waals surface area contributed by atoms with Crippen LogP contribution in [0.4, 0.5) is 17.1 Å². The number of benzene rings is 2. The van der Waals surface area contributed by atoms with Crippen molar-refractivity contribution < 1.29 is 19.4 Å². The number of nitro groups is 2. The molecule has 0 saturated heterocycles. The topological polar surface area (TPSA) is 116 Å². The van der Waals surface area contributed by atoms with Crippen molar-refractivity contribution in [1.29, 1.82) is 0 Å². The van der Waals surface area contributed by atoms with Gasteiger partial charge in [0.25, 0.3) is 17.3 Å². The summed E-state index contributed by atoms with van der Waals surface area (Å²) in [7, 11) is 0. The van der Waals surface area contributed by atoms with Crippen LogP contribution in [-0.2, 0) is 11.2 Å². The Kier molecular flexibility index (Phi) is 4.72. The maximum absolute atomic E-state index is 12.4. The third-order valence-electron chi connectivity index (χ3n) is 3.95. The van der Waals surface area contributed by atoms with Crippen LogP contribution in [0.3, 0.4) is 0 Å². The number of rotatable bonds is 5. The predicted octanol–water partition coefficient (Wildman–Crippen LogP) is 3.12. The van der Waals surface area contributed by atoms with Gasteiger partial charge in [-0.2, -0.15) is 0 Å². The molecular formula is C16H12ClN3O6. The number of anilines is 1. The van der Waals surface area contributed by atoms with Gasteiger partial charge in [-0.3, -0.25) is 25.0 Å². The van der Waals surface area contributed by atoms with Crippen molar-refractivity contribution in [2.24, 2.45) is 0 Å². The normalized spacial score (nSPS) is 12.6. The zero-order chi connectivity index (χ0) is 18.8. The first kappa shape index (κ1) is 17.6. The maximum atomic E-state index is 12.4. The molecule has 0 aliphatic carbocycles. The number of ether oxygens (including phenoxy) is 1. The van der Waals surface area contributed by atoms with Gasteiger partial charge in [-0.05, 0) is 24.1 Å². The number of non-ortho nitro benzene ring substituents is 2. The number of nitro benzene ring substituents is 2. The molecule has 0 atom stereocenters. The molecule has 1 amide bonds. The summed E-state index contributed by atoms with van der Waals surface area (Å²) in [5, 5.41) is 21.5. The number of nitrogens with zero attached hydrogens (tertiary/aromatic N) is 3. The number of hydrogen-bond acceptors (Lipinski definition) is 6. The van der Waals surface area contributed by atoms with Crippen molar-refractivity contribution in [1.82, 2.24) is 0 Å². The smallest absolute Gasteiger partial charge is 0.271 e. The van der Waals surface area contributed by atoms with E-state index in [0.29, 0.717) is 18.7 Å². The van der Waals surface area contributed by atoms with E-state index in [1.54, 1.807) is 0 Å². The number of carbonyl (C=O) groups excluding carboxylic acids is 1. The standard InChI is InChI=1S/C16H12ClN3O6/c17-13-8-12(20(24)25)2-4-15(13)26-9-16(21)18-6-5-10-7-11(19(22)23)1-3-14(10)18/h1-4,7-8H,5-6,9H2. The molecule has 9 nitrogen and oxygen atoms in total. The Morgan fingerprint density at radius 1 is 1.12 bits per heavy atom. The lowest BCUT2D eigenvalue weighted by Crippen LogP contribution is -2.33. The second-order valence-electron chi connectivity index (χ2n) is 5.53. The van der Waals surface area contributed by atoms with E-state index in [1.165, 1.54) is 35.2 Å². The molecule has 26 heavy (non-hydrogen) atoms. The fourth-order valence-electron chi connectivity index (χ4n) is 2.70. The summed E-state index contributed by atoms with van der Waals surface area (Å²) in [4.78, 5) is 34.3. The number of carbonyl (C=O) groups is 1. The summed E-state index contributed by atoms with van der Waals surface area (Å²) in [5.41, 5.74) is 1.13. The Balaban J connectivity index is 1.69. The van der Waals surface area contributed by atoms with E-state index in [9.17, 15) is 25.0 Å². The Morgan fingerprint density at radius 2 is 1.77 bits per heavy atom. The highest BCUT2D eigenvalue weighted by molar-refractivity contribution is 6.32. The lowest BCUT2D eigenvalue weighted by molar-refractivity contribution is -0.385. The monoisotopic (exact) mass is 377 g/mol. The van der Waals surface area contributed by atoms with Crippen molar-refractivity contribution in [2.75, 3.05) is 18.1 Å². The summed E-state index contributed by atoms with van der Waals surface area (Å²) in [6.07, 6.45) is 0.515. The predicted molar refractivity (Wildman–Crippen MR) is 92.8 cm³/mol. The molecule has 10 heteroatoms. The van der Waals surface area contributed by atoms with Gasteiger partial charge in [0.15, 0.2) is 6.61 Å². The average molecular weight is 378 g/mol. The third-order valence-corrected chi connectivity index (χ3v) is 4.24. The van der Waals surface area contributed by atoms with E-state index in [4.69, 9.17) is 16.3 Å². The minimum Gasteiger partial charge on any atom is -0.482 e. The van der Waals surface area contributed by atoms with E-state index >= 15 is 0 Å². The van der Waals surface area contributed by atoms with E-state index in [2.05, 4.69) is 0 Å². The van der Waals surface area contributed by atoms with Crippen molar-refractivity contribution in [2.45, 2.75) is 6.42 Å². The first-order valence-corrected chi connectivity index (χ1v) is 7.89. The van der Waals surface area contributed by atoms with Gasteiger partial charge >= 0.3 is 0 Å². The third kappa shape index (κ3) is 3.42. The van der Waals surface area contributed by atoms with Gasteiger partial charge in [-0.25, -0.2) is 0 Å². The quantitative estimate of drug-likeness (QED) is 0.583. The fraction of sp³-hybridized carbons (Fsp3) is 0.188. The van der Waals surface area contributed by atoms with E-state index in [1.807, 2.05) is 0 Å². The summed E-state index contributed by atoms with van der Waals surface area (Å²) >= 11 is 5.93. The van der Waals surface area contributed by atoms with Crippen molar-refractivity contribution in [3.8, 4) is 5.75 Å². The molecule has 0 fully saturated rings. The van der Waals surface area contributed by atoms with Gasteiger partial charge in [-0.15, -0.1) is 0 Å². The number of fused-ring (bicyclic) bond motifs is 1. The molecule has 0 aromatic heterocycles. The molecule has 0 radical (unpaired) electrons. The molecule has 0 N–H and O–H groups in total. The van der Waals surface area contributed by atoms with Crippen molar-refractivity contribution in [3.63, 3.8) is 0 Å². The van der Waals surface area contributed by atoms with Gasteiger partial charge in [0.2, 0.25) is 0 Å². The van der Waals surface area contributed by atoms with Gasteiger partial charge in [0.1, 0.15) is 5.75 Å². The van der Waals surface area contributed by atoms with Gasteiger partial charge < -0.3 is 9.64 Å². The summed E-state index contributed by atoms with van der Waals surface area (Å²) in [6.45, 7) is 0.0840. The van der Waals surface area contributed by atoms with Crippen LogP contribution in [0, 0.1) is 20.2 Å². The van der Waals surface area contributed by atoms with E-state index in [0.717, 1.165) is 11.6 Å². The number of amides is 1. The van der Waals surface area contributed by atoms with Crippen molar-refractivity contribution >= 4 is 34.6 Å². The van der Waals surface area contributed by atoms with Crippen LogP contribution in [0.15, 0.2) is 36.4 Å². The van der Waals surface area contributed by atoms with Crippen LogP contribution in [-0.4, -0.2) is 28.9 Å². The van der Waals surface area contributed by atoms with Crippen LogP contribution >= 0.6 is 11.6 Å². The van der Waals surface area contributed by atoms with Crippen LogP contribution in [0.25, 0.3) is 0 Å². The van der Waals surface area contributed by atoms with Gasteiger partial charge in [0.05, 0.1) is 14.9 Å². The number of hydrogen-bond donors (Lipinski definition) is 0. The lowest BCUT2D eigenvalue weighted by Gasteiger charge is -2.17. The van der Waals surface area contributed by atoms with E-state index in [-0.39, 0.29) is 34.7 Å². The molecule has 0 saturated carbocycles. The van der Waals surface area contributed by atoms with E-state index < -0.39 is 9.85 Å². The Morgan fingerprint density at radius 3 is 2.42 bits per heavy atom. The summed E-state index contributed by atoms with van der Waals surface area (Å²) in [5.74, 6) is -0.180. The minimum absolute atomic E-state index is 0.0213. The highest BCUT2D eigenvalue weighted by Crippen LogP contribution is 2.32.